The zero-order valence-corrected chi connectivity index (χ0v) is 22.4. The Kier molecular flexibility index (Phi) is 7.73. The van der Waals surface area contributed by atoms with E-state index in [4.69, 9.17) is 9.47 Å². The van der Waals surface area contributed by atoms with Crippen molar-refractivity contribution in [2.75, 3.05) is 13.7 Å². The maximum atomic E-state index is 13.4. The number of rotatable bonds is 8. The quantitative estimate of drug-likeness (QED) is 0.201. The van der Waals surface area contributed by atoms with Gasteiger partial charge in [-0.3, -0.25) is 10.1 Å². The van der Waals surface area contributed by atoms with Crippen LogP contribution in [0.3, 0.4) is 0 Å². The molecule has 5 heteroatoms. The average Bonchev–Trinajstić information content (AvgIpc) is 2.97. The Hall–Kier alpha value is -3.41. The third-order valence-electron chi connectivity index (χ3n) is 7.05. The molecule has 1 aliphatic heterocycles. The molecule has 1 N–H and O–H groups in total. The molecule has 0 fully saturated rings. The molecular weight excluding hydrogens is 526 g/mol. The van der Waals surface area contributed by atoms with Gasteiger partial charge in [-0.25, -0.2) is 0 Å². The van der Waals surface area contributed by atoms with Crippen LogP contribution in [-0.4, -0.2) is 25.7 Å². The number of carbonyl (C=O) groups is 1. The van der Waals surface area contributed by atoms with E-state index in [0.717, 1.165) is 50.9 Å². The van der Waals surface area contributed by atoms with Gasteiger partial charge in [-0.05, 0) is 69.1 Å². The van der Waals surface area contributed by atoms with Gasteiger partial charge in [-0.1, -0.05) is 97.1 Å². The van der Waals surface area contributed by atoms with Crippen LogP contribution in [0, 0.1) is 0 Å². The van der Waals surface area contributed by atoms with E-state index in [2.05, 4.69) is 63.7 Å². The third kappa shape index (κ3) is 5.07. The molecule has 4 aromatic carbocycles. The van der Waals surface area contributed by atoms with Crippen LogP contribution in [0.25, 0.3) is 0 Å². The maximum absolute atomic E-state index is 13.4. The van der Waals surface area contributed by atoms with E-state index >= 15 is 0 Å². The molecule has 0 bridgehead atoms. The van der Waals surface area contributed by atoms with Crippen molar-refractivity contribution in [1.29, 1.82) is 0 Å². The summed E-state index contributed by atoms with van der Waals surface area (Å²) >= 11 is 3.63. The van der Waals surface area contributed by atoms with E-state index in [1.165, 1.54) is 7.11 Å². The number of fused-ring (bicyclic) bond motifs is 1. The highest BCUT2D eigenvalue weighted by molar-refractivity contribution is 9.10. The second kappa shape index (κ2) is 11.3. The molecular formula is C32H30BrNO3. The Balaban J connectivity index is 1.66. The van der Waals surface area contributed by atoms with Crippen molar-refractivity contribution < 1.29 is 14.3 Å². The molecule has 4 aromatic rings. The van der Waals surface area contributed by atoms with Gasteiger partial charge in [-0.15, -0.1) is 0 Å². The summed E-state index contributed by atoms with van der Waals surface area (Å²) < 4.78 is 12.3. The summed E-state index contributed by atoms with van der Waals surface area (Å²) in [5.41, 5.74) is 4.59. The molecule has 0 saturated heterocycles. The highest BCUT2D eigenvalue weighted by Gasteiger charge is 2.40. The van der Waals surface area contributed by atoms with Gasteiger partial charge in [0.2, 0.25) is 0 Å². The summed E-state index contributed by atoms with van der Waals surface area (Å²) in [4.78, 5) is 13.4. The largest absolute Gasteiger partial charge is 0.492 e. The zero-order chi connectivity index (χ0) is 25.7. The lowest BCUT2D eigenvalue weighted by atomic mass is 9.76. The molecule has 0 aliphatic carbocycles. The fraction of sp³-hybridized carbons (Fsp3) is 0.219. The molecule has 0 aromatic heterocycles. The summed E-state index contributed by atoms with van der Waals surface area (Å²) in [6, 6.07) is 34.4. The summed E-state index contributed by atoms with van der Waals surface area (Å²) in [7, 11) is 1.45. The zero-order valence-electron chi connectivity index (χ0n) is 20.8. The number of halogens is 1. The molecule has 1 atom stereocenters. The standard InChI is InChI=1S/C32H30BrNO3/c1-36-31(35)29(22-23-19-20-28(33)30-27(23)18-11-21-37-30)34-32(24-12-5-2-6-13-24,25-14-7-3-8-15-25)26-16-9-4-10-17-26/h2-10,12-17,19-20,29,34H,11,18,21-22H2,1H3/t29-/m0/s1. The highest BCUT2D eigenvalue weighted by Crippen LogP contribution is 2.39. The van der Waals surface area contributed by atoms with Crippen molar-refractivity contribution in [3.63, 3.8) is 0 Å². The van der Waals surface area contributed by atoms with Crippen LogP contribution in [0.15, 0.2) is 108 Å². The number of methoxy groups -OCH3 is 1. The molecule has 5 rings (SSSR count). The van der Waals surface area contributed by atoms with Crippen molar-refractivity contribution in [3.8, 4) is 5.75 Å². The van der Waals surface area contributed by atoms with E-state index in [1.807, 2.05) is 60.7 Å². The summed E-state index contributed by atoms with van der Waals surface area (Å²) in [5, 5.41) is 3.81. The first-order chi connectivity index (χ1) is 18.1. The van der Waals surface area contributed by atoms with Gasteiger partial charge in [0.1, 0.15) is 11.8 Å². The van der Waals surface area contributed by atoms with E-state index in [0.29, 0.717) is 13.0 Å². The number of carbonyl (C=O) groups excluding carboxylic acids is 1. The van der Waals surface area contributed by atoms with E-state index in [-0.39, 0.29) is 5.97 Å². The second-order valence-corrected chi connectivity index (χ2v) is 10.1. The third-order valence-corrected chi connectivity index (χ3v) is 7.67. The number of ether oxygens (including phenoxy) is 2. The molecule has 1 heterocycles. The molecule has 37 heavy (non-hydrogen) atoms. The Bertz CT molecular complexity index is 1250. The maximum Gasteiger partial charge on any atom is 0.323 e. The summed E-state index contributed by atoms with van der Waals surface area (Å²) in [6.45, 7) is 0.701. The smallest absolute Gasteiger partial charge is 0.323 e. The first-order valence-electron chi connectivity index (χ1n) is 12.6. The van der Waals surface area contributed by atoms with Crippen molar-refractivity contribution in [1.82, 2.24) is 5.32 Å². The minimum absolute atomic E-state index is 0.305. The van der Waals surface area contributed by atoms with Gasteiger partial charge < -0.3 is 9.47 Å². The van der Waals surface area contributed by atoms with Gasteiger partial charge >= 0.3 is 5.97 Å². The van der Waals surface area contributed by atoms with Crippen molar-refractivity contribution in [3.05, 3.63) is 135 Å². The molecule has 0 saturated carbocycles. The molecule has 0 radical (unpaired) electrons. The normalized spacial score (nSPS) is 13.8. The van der Waals surface area contributed by atoms with Crippen molar-refractivity contribution >= 4 is 21.9 Å². The first kappa shape index (κ1) is 25.2. The molecule has 188 valence electrons. The van der Waals surface area contributed by atoms with Gasteiger partial charge in [0, 0.05) is 0 Å². The number of hydrogen-bond acceptors (Lipinski definition) is 4. The predicted molar refractivity (Wildman–Crippen MR) is 150 cm³/mol. The molecule has 0 unspecified atom stereocenters. The molecule has 0 amide bonds. The fourth-order valence-corrected chi connectivity index (χ4v) is 5.80. The topological polar surface area (TPSA) is 47.6 Å². The Morgan fingerprint density at radius 2 is 1.43 bits per heavy atom. The molecule has 1 aliphatic rings. The predicted octanol–water partition coefficient (Wildman–Crippen LogP) is 6.44. The van der Waals surface area contributed by atoms with Gasteiger partial charge in [-0.2, -0.15) is 0 Å². The molecule has 0 spiro atoms. The Morgan fingerprint density at radius 1 is 0.892 bits per heavy atom. The van der Waals surface area contributed by atoms with Crippen molar-refractivity contribution in [2.24, 2.45) is 0 Å². The molecule has 4 nitrogen and oxygen atoms in total. The van der Waals surface area contributed by atoms with Gasteiger partial charge in [0.25, 0.3) is 0 Å². The lowest BCUT2D eigenvalue weighted by Gasteiger charge is -2.39. The van der Waals surface area contributed by atoms with Crippen LogP contribution < -0.4 is 10.1 Å². The minimum atomic E-state index is -0.783. The number of esters is 1. The minimum Gasteiger partial charge on any atom is -0.492 e. The average molecular weight is 557 g/mol. The monoisotopic (exact) mass is 555 g/mol. The lowest BCUT2D eigenvalue weighted by Crippen LogP contribution is -2.53. The number of hydrogen-bond donors (Lipinski definition) is 1. The SMILES string of the molecule is COC(=O)[C@H](Cc1ccc(Br)c2c1CCCO2)NC(c1ccccc1)(c1ccccc1)c1ccccc1. The Morgan fingerprint density at radius 3 is 1.95 bits per heavy atom. The Labute approximate surface area is 226 Å². The lowest BCUT2D eigenvalue weighted by molar-refractivity contribution is -0.143. The highest BCUT2D eigenvalue weighted by atomic mass is 79.9. The van der Waals surface area contributed by atoms with Crippen molar-refractivity contribution in [2.45, 2.75) is 30.8 Å². The second-order valence-electron chi connectivity index (χ2n) is 9.24. The fourth-order valence-electron chi connectivity index (χ4n) is 5.32. The summed E-state index contributed by atoms with van der Waals surface area (Å²) in [6.07, 6.45) is 2.34. The van der Waals surface area contributed by atoms with E-state index in [9.17, 15) is 4.79 Å². The van der Waals surface area contributed by atoms with Crippen LogP contribution in [-0.2, 0) is 27.9 Å². The first-order valence-corrected chi connectivity index (χ1v) is 13.4. The van der Waals surface area contributed by atoms with Crippen LogP contribution in [0.1, 0.15) is 34.2 Å². The van der Waals surface area contributed by atoms with Crippen LogP contribution >= 0.6 is 15.9 Å². The van der Waals surface area contributed by atoms with Crippen LogP contribution in [0.2, 0.25) is 0 Å². The summed E-state index contributed by atoms with van der Waals surface area (Å²) in [5.74, 6) is 0.577. The van der Waals surface area contributed by atoms with Crippen LogP contribution in [0.4, 0.5) is 0 Å². The number of benzene rings is 4. The van der Waals surface area contributed by atoms with Crippen LogP contribution in [0.5, 0.6) is 5.75 Å². The van der Waals surface area contributed by atoms with E-state index < -0.39 is 11.6 Å². The van der Waals surface area contributed by atoms with E-state index in [1.54, 1.807) is 0 Å². The van der Waals surface area contributed by atoms with Gasteiger partial charge in [0.05, 0.1) is 23.7 Å². The number of nitrogens with one attached hydrogen (secondary N) is 1. The van der Waals surface area contributed by atoms with Gasteiger partial charge in [0.15, 0.2) is 0 Å².